The van der Waals surface area contributed by atoms with Gasteiger partial charge in [-0.25, -0.2) is 0 Å². The van der Waals surface area contributed by atoms with Gasteiger partial charge in [0.25, 0.3) is 0 Å². The summed E-state index contributed by atoms with van der Waals surface area (Å²) in [6.45, 7) is 8.50. The first-order chi connectivity index (χ1) is 8.76. The van der Waals surface area contributed by atoms with Gasteiger partial charge in [-0.3, -0.25) is 4.79 Å². The summed E-state index contributed by atoms with van der Waals surface area (Å²) in [5, 5.41) is 2.83. The van der Waals surface area contributed by atoms with Crippen LogP contribution in [0.2, 0.25) is 0 Å². The highest BCUT2D eigenvalue weighted by molar-refractivity contribution is 5.91. The Morgan fingerprint density at radius 2 is 2.11 bits per heavy atom. The molecule has 4 nitrogen and oxygen atoms in total. The van der Waals surface area contributed by atoms with Crippen molar-refractivity contribution in [3.8, 4) is 5.75 Å². The zero-order valence-corrected chi connectivity index (χ0v) is 12.2. The molecule has 3 N–H and O–H groups in total. The van der Waals surface area contributed by atoms with Gasteiger partial charge in [0.2, 0.25) is 5.91 Å². The molecule has 0 saturated carbocycles. The number of nitrogens with two attached hydrogens (primary N) is 1. The van der Waals surface area contributed by atoms with Crippen molar-refractivity contribution < 1.29 is 9.53 Å². The molecule has 0 aromatic heterocycles. The fourth-order valence-corrected chi connectivity index (χ4v) is 1.55. The lowest BCUT2D eigenvalue weighted by Crippen LogP contribution is -2.36. The Balaban J connectivity index is 2.59. The number of hydrogen-bond donors (Lipinski definition) is 2. The fourth-order valence-electron chi connectivity index (χ4n) is 1.55. The van der Waals surface area contributed by atoms with Crippen LogP contribution < -0.4 is 15.8 Å². The molecule has 106 valence electrons. The van der Waals surface area contributed by atoms with Gasteiger partial charge in [-0.2, -0.15) is 0 Å². The molecule has 1 rings (SSSR count). The van der Waals surface area contributed by atoms with Crippen LogP contribution in [0.3, 0.4) is 0 Å². The molecular weight excluding hydrogens is 240 g/mol. The molecule has 0 atom stereocenters. The van der Waals surface area contributed by atoms with Gasteiger partial charge >= 0.3 is 0 Å². The Morgan fingerprint density at radius 1 is 1.42 bits per heavy atom. The molecule has 0 aliphatic carbocycles. The monoisotopic (exact) mass is 264 g/mol. The first-order valence-electron chi connectivity index (χ1n) is 6.58. The van der Waals surface area contributed by atoms with E-state index in [1.807, 2.05) is 38.1 Å². The second kappa shape index (κ2) is 6.57. The van der Waals surface area contributed by atoms with E-state index in [4.69, 9.17) is 10.5 Å². The third-order valence-corrected chi connectivity index (χ3v) is 2.32. The van der Waals surface area contributed by atoms with E-state index in [1.54, 1.807) is 0 Å². The Hall–Kier alpha value is -1.55. The lowest BCUT2D eigenvalue weighted by molar-refractivity contribution is -0.117. The lowest BCUT2D eigenvalue weighted by atomic mass is 10.0. The van der Waals surface area contributed by atoms with Crippen LogP contribution in [0, 0.1) is 5.92 Å². The van der Waals surface area contributed by atoms with Crippen LogP contribution in [0.15, 0.2) is 24.3 Å². The summed E-state index contributed by atoms with van der Waals surface area (Å²) < 4.78 is 5.61. The van der Waals surface area contributed by atoms with Crippen molar-refractivity contribution in [2.75, 3.05) is 11.9 Å². The van der Waals surface area contributed by atoms with Crippen LogP contribution in [0.5, 0.6) is 5.75 Å². The molecule has 0 heterocycles. The van der Waals surface area contributed by atoms with Gasteiger partial charge in [0.1, 0.15) is 5.75 Å². The van der Waals surface area contributed by atoms with Crippen molar-refractivity contribution in [2.45, 2.75) is 39.7 Å². The van der Waals surface area contributed by atoms with E-state index in [0.29, 0.717) is 12.5 Å². The minimum Gasteiger partial charge on any atom is -0.493 e. The second-order valence-corrected chi connectivity index (χ2v) is 5.95. The third kappa shape index (κ3) is 6.82. The quantitative estimate of drug-likeness (QED) is 0.830. The Labute approximate surface area is 115 Å². The van der Waals surface area contributed by atoms with Crippen molar-refractivity contribution >= 4 is 11.6 Å². The topological polar surface area (TPSA) is 64.3 Å². The molecule has 0 bridgehead atoms. The molecule has 19 heavy (non-hydrogen) atoms. The minimum absolute atomic E-state index is 0.0893. The number of carbonyl (C=O) groups excluding carboxylic acids is 1. The number of hydrogen-bond acceptors (Lipinski definition) is 3. The maximum Gasteiger partial charge on any atom is 0.226 e. The van der Waals surface area contributed by atoms with Crippen molar-refractivity contribution in [1.82, 2.24) is 0 Å². The fraction of sp³-hybridized carbons (Fsp3) is 0.533. The molecule has 1 aromatic carbocycles. The van der Waals surface area contributed by atoms with E-state index in [-0.39, 0.29) is 12.3 Å². The zero-order chi connectivity index (χ0) is 14.5. The van der Waals surface area contributed by atoms with Crippen LogP contribution in [-0.4, -0.2) is 18.1 Å². The smallest absolute Gasteiger partial charge is 0.226 e. The maximum atomic E-state index is 11.8. The van der Waals surface area contributed by atoms with Crippen molar-refractivity contribution in [2.24, 2.45) is 11.7 Å². The van der Waals surface area contributed by atoms with Gasteiger partial charge < -0.3 is 15.8 Å². The number of nitrogens with one attached hydrogen (secondary N) is 1. The number of carbonyl (C=O) groups is 1. The number of ether oxygens (including phenoxy) is 1. The Bertz CT molecular complexity index is 422. The first-order valence-corrected chi connectivity index (χ1v) is 6.58. The summed E-state index contributed by atoms with van der Waals surface area (Å²) in [7, 11) is 0. The molecular formula is C15H24N2O2. The van der Waals surface area contributed by atoms with Crippen molar-refractivity contribution in [3.05, 3.63) is 24.3 Å². The average molecular weight is 264 g/mol. The van der Waals surface area contributed by atoms with E-state index in [2.05, 4.69) is 19.2 Å². The van der Waals surface area contributed by atoms with Gasteiger partial charge in [-0.05, 0) is 31.9 Å². The predicted octanol–water partition coefficient (Wildman–Crippen LogP) is 2.79. The summed E-state index contributed by atoms with van der Waals surface area (Å²) >= 11 is 0. The SMILES string of the molecule is CC(C)COc1cccc(NC(=O)CC(C)(C)N)c1. The Morgan fingerprint density at radius 3 is 2.68 bits per heavy atom. The highest BCUT2D eigenvalue weighted by atomic mass is 16.5. The molecule has 1 aromatic rings. The number of benzene rings is 1. The summed E-state index contributed by atoms with van der Waals surface area (Å²) in [5.41, 5.74) is 6.04. The number of anilines is 1. The number of amides is 1. The van der Waals surface area contributed by atoms with Crippen LogP contribution in [-0.2, 0) is 4.79 Å². The molecule has 0 unspecified atom stereocenters. The Kier molecular flexibility index (Phi) is 5.36. The molecule has 0 fully saturated rings. The van der Waals surface area contributed by atoms with Crippen molar-refractivity contribution in [1.29, 1.82) is 0 Å². The van der Waals surface area contributed by atoms with E-state index in [0.717, 1.165) is 11.4 Å². The molecule has 0 saturated heterocycles. The minimum atomic E-state index is -0.504. The van der Waals surface area contributed by atoms with Gasteiger partial charge in [0.05, 0.1) is 6.61 Å². The second-order valence-electron chi connectivity index (χ2n) is 5.95. The molecule has 0 radical (unpaired) electrons. The molecule has 1 amide bonds. The summed E-state index contributed by atoms with van der Waals surface area (Å²) in [6.07, 6.45) is 0.282. The lowest BCUT2D eigenvalue weighted by Gasteiger charge is -2.17. The van der Waals surface area contributed by atoms with Gasteiger partial charge in [0, 0.05) is 23.7 Å². The summed E-state index contributed by atoms with van der Waals surface area (Å²) in [6, 6.07) is 7.40. The molecule has 4 heteroatoms. The highest BCUT2D eigenvalue weighted by Gasteiger charge is 2.16. The van der Waals surface area contributed by atoms with E-state index in [1.165, 1.54) is 0 Å². The molecule has 0 aliphatic rings. The third-order valence-electron chi connectivity index (χ3n) is 2.32. The van der Waals surface area contributed by atoms with E-state index in [9.17, 15) is 4.79 Å². The highest BCUT2D eigenvalue weighted by Crippen LogP contribution is 2.18. The van der Waals surface area contributed by atoms with Crippen LogP contribution in [0.1, 0.15) is 34.1 Å². The molecule has 0 aliphatic heterocycles. The largest absolute Gasteiger partial charge is 0.493 e. The van der Waals surface area contributed by atoms with Gasteiger partial charge in [0.15, 0.2) is 0 Å². The predicted molar refractivity (Wildman–Crippen MR) is 78.3 cm³/mol. The van der Waals surface area contributed by atoms with E-state index >= 15 is 0 Å². The maximum absolute atomic E-state index is 11.8. The number of rotatable bonds is 6. The summed E-state index contributed by atoms with van der Waals surface area (Å²) in [5.74, 6) is 1.14. The van der Waals surface area contributed by atoms with Crippen LogP contribution in [0.4, 0.5) is 5.69 Å². The van der Waals surface area contributed by atoms with Crippen molar-refractivity contribution in [3.63, 3.8) is 0 Å². The summed E-state index contributed by atoms with van der Waals surface area (Å²) in [4.78, 5) is 11.8. The van der Waals surface area contributed by atoms with Crippen LogP contribution >= 0.6 is 0 Å². The average Bonchev–Trinajstić information content (AvgIpc) is 2.24. The van der Waals surface area contributed by atoms with Gasteiger partial charge in [-0.1, -0.05) is 19.9 Å². The standard InChI is InChI=1S/C15H24N2O2/c1-11(2)10-19-13-7-5-6-12(8-13)17-14(18)9-15(3,4)16/h5-8,11H,9-10,16H2,1-4H3,(H,17,18). The first kappa shape index (κ1) is 15.5. The molecule has 0 spiro atoms. The van der Waals surface area contributed by atoms with E-state index < -0.39 is 5.54 Å². The zero-order valence-electron chi connectivity index (χ0n) is 12.2. The van der Waals surface area contributed by atoms with Gasteiger partial charge in [-0.15, -0.1) is 0 Å². The van der Waals surface area contributed by atoms with Crippen LogP contribution in [0.25, 0.3) is 0 Å². The normalized spacial score (nSPS) is 11.5.